The maximum absolute atomic E-state index is 9.11. The van der Waals surface area contributed by atoms with Crippen molar-refractivity contribution in [3.05, 3.63) is 0 Å². The molecule has 0 spiro atoms. The van der Waals surface area contributed by atoms with Crippen LogP contribution >= 0.6 is 0 Å². The number of hydrogen-bond acceptors (Lipinski definition) is 3. The second-order valence-corrected chi connectivity index (χ2v) is 15.8. The molecule has 27 heavy (non-hydrogen) atoms. The highest BCUT2D eigenvalue weighted by Crippen LogP contribution is 2.26. The fourth-order valence-corrected chi connectivity index (χ4v) is 12.3. The number of rotatable bonds is 21. The summed E-state index contributed by atoms with van der Waals surface area (Å²) in [6.07, 6.45) is 18.0. The number of hydrogen-bond donors (Lipinski definition) is 2. The van der Waals surface area contributed by atoms with Crippen LogP contribution in [0.25, 0.3) is 0 Å². The summed E-state index contributed by atoms with van der Waals surface area (Å²) in [5.74, 6) is 0. The molecule has 0 saturated carbocycles. The quantitative estimate of drug-likeness (QED) is 0.167. The van der Waals surface area contributed by atoms with Gasteiger partial charge in [0, 0.05) is 13.2 Å². The minimum Gasteiger partial charge on any atom is -0.458 e. The summed E-state index contributed by atoms with van der Waals surface area (Å²) >= 11 is 0. The Balaban J connectivity index is 3.98. The molecule has 0 fully saturated rings. The van der Waals surface area contributed by atoms with Crippen LogP contribution in [-0.4, -0.2) is 40.8 Å². The maximum Gasteiger partial charge on any atom is 0.176 e. The Hall–Kier alpha value is 0.314. The molecular formula is C22H50O3Si2. The van der Waals surface area contributed by atoms with Crippen molar-refractivity contribution in [2.75, 3.05) is 13.2 Å². The van der Waals surface area contributed by atoms with Gasteiger partial charge in [0.25, 0.3) is 0 Å². The zero-order valence-electron chi connectivity index (χ0n) is 18.8. The third kappa shape index (κ3) is 18.1. The minimum atomic E-state index is -1.61. The molecular weight excluding hydrogens is 368 g/mol. The fraction of sp³-hybridized carbons (Fsp3) is 1.00. The summed E-state index contributed by atoms with van der Waals surface area (Å²) in [4.78, 5) is 0. The standard InChI is InChI=1S/C22H50O3Si2/c1-4-5-6-7-8-9-10-11-12-16-21-27(3,22-17-14-19-24)25-26(2)20-15-13-18-23/h23-24,26H,4-22H2,1-3H3. The highest BCUT2D eigenvalue weighted by atomic mass is 28.4. The van der Waals surface area contributed by atoms with E-state index in [0.29, 0.717) is 13.2 Å². The molecule has 5 heteroatoms. The maximum atomic E-state index is 9.11. The summed E-state index contributed by atoms with van der Waals surface area (Å²) in [7, 11) is -2.72. The largest absolute Gasteiger partial charge is 0.458 e. The summed E-state index contributed by atoms with van der Waals surface area (Å²) in [6.45, 7) is 7.68. The van der Waals surface area contributed by atoms with Crippen LogP contribution in [0.1, 0.15) is 96.8 Å². The first-order chi connectivity index (χ1) is 13.1. The Morgan fingerprint density at radius 3 is 1.63 bits per heavy atom. The average molecular weight is 419 g/mol. The predicted octanol–water partition coefficient (Wildman–Crippen LogP) is 6.40. The minimum absolute atomic E-state index is 0.310. The van der Waals surface area contributed by atoms with Crippen LogP contribution in [0.3, 0.4) is 0 Å². The van der Waals surface area contributed by atoms with Crippen LogP contribution < -0.4 is 0 Å². The molecule has 0 amide bonds. The zero-order chi connectivity index (χ0) is 20.2. The smallest absolute Gasteiger partial charge is 0.176 e. The van der Waals surface area contributed by atoms with Gasteiger partial charge in [-0.25, -0.2) is 0 Å². The average Bonchev–Trinajstić information content (AvgIpc) is 2.63. The molecule has 0 aliphatic rings. The van der Waals surface area contributed by atoms with Gasteiger partial charge in [-0.2, -0.15) is 0 Å². The predicted molar refractivity (Wildman–Crippen MR) is 125 cm³/mol. The molecule has 3 nitrogen and oxygen atoms in total. The molecule has 0 rings (SSSR count). The van der Waals surface area contributed by atoms with Gasteiger partial charge >= 0.3 is 0 Å². The Morgan fingerprint density at radius 1 is 0.667 bits per heavy atom. The highest BCUT2D eigenvalue weighted by Gasteiger charge is 2.29. The van der Waals surface area contributed by atoms with Crippen LogP contribution in [0.4, 0.5) is 0 Å². The highest BCUT2D eigenvalue weighted by molar-refractivity contribution is 6.79. The lowest BCUT2D eigenvalue weighted by Gasteiger charge is -2.31. The van der Waals surface area contributed by atoms with E-state index in [1.807, 2.05) is 0 Å². The van der Waals surface area contributed by atoms with Crippen LogP contribution in [0.5, 0.6) is 0 Å². The van der Waals surface area contributed by atoms with Gasteiger partial charge in [0.15, 0.2) is 17.4 Å². The molecule has 2 atom stereocenters. The van der Waals surface area contributed by atoms with Gasteiger partial charge < -0.3 is 14.3 Å². The third-order valence-electron chi connectivity index (χ3n) is 5.68. The lowest BCUT2D eigenvalue weighted by Crippen LogP contribution is -2.39. The van der Waals surface area contributed by atoms with Gasteiger partial charge in [0.05, 0.1) is 0 Å². The molecule has 0 saturated heterocycles. The second-order valence-electron chi connectivity index (χ2n) is 8.71. The van der Waals surface area contributed by atoms with E-state index in [4.69, 9.17) is 14.3 Å². The molecule has 164 valence electrons. The molecule has 2 N–H and O–H groups in total. The molecule has 0 aromatic heterocycles. The Morgan fingerprint density at radius 2 is 1.11 bits per heavy atom. The van der Waals surface area contributed by atoms with Crippen molar-refractivity contribution in [1.29, 1.82) is 0 Å². The van der Waals surface area contributed by atoms with Crippen LogP contribution in [0.15, 0.2) is 0 Å². The summed E-state index contributed by atoms with van der Waals surface area (Å²) in [6, 6.07) is 3.70. The Kier molecular flexibility index (Phi) is 19.9. The second kappa shape index (κ2) is 19.6. The lowest BCUT2D eigenvalue weighted by atomic mass is 10.1. The van der Waals surface area contributed by atoms with Crippen molar-refractivity contribution in [3.8, 4) is 0 Å². The zero-order valence-corrected chi connectivity index (χ0v) is 21.0. The number of aliphatic hydroxyl groups excluding tert-OH is 2. The Bertz CT molecular complexity index is 305. The topological polar surface area (TPSA) is 49.7 Å². The monoisotopic (exact) mass is 418 g/mol. The van der Waals surface area contributed by atoms with E-state index in [-0.39, 0.29) is 0 Å². The SMILES string of the molecule is CCCCCCCCCCCC[Si](C)(CCCCO)O[SiH](C)CCCCO. The van der Waals surface area contributed by atoms with Gasteiger partial charge in [-0.05, 0) is 44.1 Å². The van der Waals surface area contributed by atoms with Gasteiger partial charge in [0.1, 0.15) is 0 Å². The van der Waals surface area contributed by atoms with Gasteiger partial charge in [-0.1, -0.05) is 84.0 Å². The molecule has 2 unspecified atom stereocenters. The molecule has 0 aromatic carbocycles. The first kappa shape index (κ1) is 27.3. The van der Waals surface area contributed by atoms with E-state index in [1.54, 1.807) is 0 Å². The van der Waals surface area contributed by atoms with E-state index in [1.165, 1.54) is 82.3 Å². The first-order valence-electron chi connectivity index (χ1n) is 12.0. The molecule has 0 heterocycles. The third-order valence-corrected chi connectivity index (χ3v) is 13.6. The molecule has 0 radical (unpaired) electrons. The normalized spacial score (nSPS) is 15.0. The van der Waals surface area contributed by atoms with E-state index in [0.717, 1.165) is 25.7 Å². The van der Waals surface area contributed by atoms with Gasteiger partial charge in [0.2, 0.25) is 0 Å². The van der Waals surface area contributed by atoms with Gasteiger partial charge in [-0.3, -0.25) is 0 Å². The summed E-state index contributed by atoms with van der Waals surface area (Å²) < 4.78 is 6.73. The van der Waals surface area contributed by atoms with E-state index in [9.17, 15) is 0 Å². The lowest BCUT2D eigenvalue weighted by molar-refractivity contribution is 0.286. The van der Waals surface area contributed by atoms with Crippen molar-refractivity contribution in [1.82, 2.24) is 0 Å². The van der Waals surface area contributed by atoms with E-state index >= 15 is 0 Å². The molecule has 0 aliphatic heterocycles. The van der Waals surface area contributed by atoms with Crippen LogP contribution in [0, 0.1) is 0 Å². The molecule has 0 bridgehead atoms. The number of aliphatic hydroxyl groups is 2. The van der Waals surface area contributed by atoms with Crippen molar-refractivity contribution < 1.29 is 14.3 Å². The van der Waals surface area contributed by atoms with E-state index < -0.39 is 17.4 Å². The molecule has 0 aromatic rings. The van der Waals surface area contributed by atoms with Crippen molar-refractivity contribution in [3.63, 3.8) is 0 Å². The fourth-order valence-electron chi connectivity index (χ4n) is 3.93. The van der Waals surface area contributed by atoms with Crippen LogP contribution in [-0.2, 0) is 4.12 Å². The van der Waals surface area contributed by atoms with Gasteiger partial charge in [-0.15, -0.1) is 0 Å². The first-order valence-corrected chi connectivity index (χ1v) is 17.2. The molecule has 0 aliphatic carbocycles. The number of unbranched alkanes of at least 4 members (excludes halogenated alkanes) is 11. The van der Waals surface area contributed by atoms with Crippen molar-refractivity contribution in [2.45, 2.75) is 128 Å². The summed E-state index contributed by atoms with van der Waals surface area (Å²) in [5.41, 5.74) is 0. The summed E-state index contributed by atoms with van der Waals surface area (Å²) in [5, 5.41) is 18.1. The van der Waals surface area contributed by atoms with E-state index in [2.05, 4.69) is 20.0 Å². The Labute approximate surface area is 173 Å². The van der Waals surface area contributed by atoms with Crippen molar-refractivity contribution in [2.24, 2.45) is 0 Å². The van der Waals surface area contributed by atoms with Crippen molar-refractivity contribution >= 4 is 17.4 Å². The van der Waals surface area contributed by atoms with Crippen LogP contribution in [0.2, 0.25) is 31.2 Å².